The molecule has 1 fully saturated rings. The van der Waals surface area contributed by atoms with E-state index in [9.17, 15) is 9.59 Å². The largest absolute Gasteiger partial charge is 0.497 e. The summed E-state index contributed by atoms with van der Waals surface area (Å²) in [6, 6.07) is 16.2. The van der Waals surface area contributed by atoms with Gasteiger partial charge >= 0.3 is 0 Å². The number of carbonyl (C=O) groups is 2. The van der Waals surface area contributed by atoms with E-state index in [1.807, 2.05) is 37.3 Å². The number of carbonyl (C=O) groups excluding carboxylic acids is 2. The van der Waals surface area contributed by atoms with Gasteiger partial charge in [-0.05, 0) is 48.9 Å². The summed E-state index contributed by atoms with van der Waals surface area (Å²) >= 11 is 1.05. The Labute approximate surface area is 167 Å². The lowest BCUT2D eigenvalue weighted by molar-refractivity contribution is -0.121. The molecule has 1 aliphatic heterocycles. The SMILES string of the molecule is COc1ccc(/C(C)=N\N=C(N)S[C@@H]2CC(=O)N(c3ccccc3)C2=O)cc1. The number of imide groups is 1. The Bertz CT molecular complexity index is 926. The minimum atomic E-state index is -0.604. The van der Waals surface area contributed by atoms with Gasteiger partial charge in [-0.2, -0.15) is 5.10 Å². The van der Waals surface area contributed by atoms with Crippen molar-refractivity contribution in [3.8, 4) is 5.75 Å². The summed E-state index contributed by atoms with van der Waals surface area (Å²) in [5.74, 6) is 0.206. The van der Waals surface area contributed by atoms with E-state index >= 15 is 0 Å². The Morgan fingerprint density at radius 1 is 1.11 bits per heavy atom. The maximum absolute atomic E-state index is 12.6. The molecule has 2 aromatic carbocycles. The number of hydrogen-bond acceptors (Lipinski definition) is 6. The lowest BCUT2D eigenvalue weighted by Crippen LogP contribution is -2.31. The molecule has 28 heavy (non-hydrogen) atoms. The molecule has 8 heteroatoms. The predicted molar refractivity (Wildman–Crippen MR) is 112 cm³/mol. The molecular formula is C20H20N4O3S. The molecule has 2 amide bonds. The normalized spacial score (nSPS) is 17.9. The molecule has 0 saturated carbocycles. The van der Waals surface area contributed by atoms with E-state index < -0.39 is 5.25 Å². The molecule has 2 aromatic rings. The van der Waals surface area contributed by atoms with Crippen molar-refractivity contribution in [2.45, 2.75) is 18.6 Å². The van der Waals surface area contributed by atoms with Gasteiger partial charge in [0.05, 0.1) is 18.5 Å². The van der Waals surface area contributed by atoms with E-state index in [1.54, 1.807) is 31.4 Å². The van der Waals surface area contributed by atoms with Crippen LogP contribution in [-0.2, 0) is 9.59 Å². The van der Waals surface area contributed by atoms with Crippen LogP contribution >= 0.6 is 11.8 Å². The Hall–Kier alpha value is -3.13. The smallest absolute Gasteiger partial charge is 0.247 e. The molecule has 0 bridgehead atoms. The number of methoxy groups -OCH3 is 1. The quantitative estimate of drug-likeness (QED) is 0.363. The Morgan fingerprint density at radius 2 is 1.79 bits per heavy atom. The summed E-state index contributed by atoms with van der Waals surface area (Å²) < 4.78 is 5.13. The van der Waals surface area contributed by atoms with Crippen molar-refractivity contribution in [2.24, 2.45) is 15.9 Å². The van der Waals surface area contributed by atoms with Crippen molar-refractivity contribution in [1.82, 2.24) is 0 Å². The van der Waals surface area contributed by atoms with Gasteiger partial charge in [-0.25, -0.2) is 4.90 Å². The third-order valence-electron chi connectivity index (χ3n) is 4.19. The van der Waals surface area contributed by atoms with E-state index in [1.165, 1.54) is 4.90 Å². The van der Waals surface area contributed by atoms with Crippen LogP contribution in [0.5, 0.6) is 5.75 Å². The average molecular weight is 396 g/mol. The van der Waals surface area contributed by atoms with E-state index in [-0.39, 0.29) is 23.4 Å². The molecule has 1 heterocycles. The van der Waals surface area contributed by atoms with Gasteiger partial charge < -0.3 is 10.5 Å². The van der Waals surface area contributed by atoms with Gasteiger partial charge in [-0.1, -0.05) is 30.0 Å². The van der Waals surface area contributed by atoms with Crippen molar-refractivity contribution >= 4 is 40.1 Å². The fourth-order valence-corrected chi connectivity index (χ4v) is 3.54. The van der Waals surface area contributed by atoms with Gasteiger partial charge in [0.1, 0.15) is 11.0 Å². The highest BCUT2D eigenvalue weighted by atomic mass is 32.2. The van der Waals surface area contributed by atoms with Gasteiger partial charge in [-0.15, -0.1) is 5.10 Å². The fraction of sp³-hybridized carbons (Fsp3) is 0.200. The zero-order valence-electron chi connectivity index (χ0n) is 15.5. The van der Waals surface area contributed by atoms with Crippen LogP contribution in [0.3, 0.4) is 0 Å². The molecule has 0 unspecified atom stereocenters. The number of anilines is 1. The first-order valence-corrected chi connectivity index (χ1v) is 9.48. The third-order valence-corrected chi connectivity index (χ3v) is 5.16. The monoisotopic (exact) mass is 396 g/mol. The summed E-state index contributed by atoms with van der Waals surface area (Å²) in [5, 5.41) is 7.65. The minimum Gasteiger partial charge on any atom is -0.497 e. The molecule has 0 spiro atoms. The highest BCUT2D eigenvalue weighted by molar-refractivity contribution is 8.14. The van der Waals surface area contributed by atoms with Crippen LogP contribution in [0.2, 0.25) is 0 Å². The van der Waals surface area contributed by atoms with Crippen molar-refractivity contribution < 1.29 is 14.3 Å². The zero-order chi connectivity index (χ0) is 20.1. The molecule has 7 nitrogen and oxygen atoms in total. The Balaban J connectivity index is 1.67. The molecule has 0 aromatic heterocycles. The molecule has 1 saturated heterocycles. The van der Waals surface area contributed by atoms with Crippen LogP contribution in [-0.4, -0.2) is 35.1 Å². The highest BCUT2D eigenvalue weighted by Gasteiger charge is 2.40. The highest BCUT2D eigenvalue weighted by Crippen LogP contribution is 2.29. The number of thioether (sulfide) groups is 1. The topological polar surface area (TPSA) is 97.3 Å². The standard InChI is InChI=1S/C20H20N4O3S/c1-13(14-8-10-16(27-2)11-9-14)22-23-20(21)28-17-12-18(25)24(19(17)26)15-6-4-3-5-7-15/h3-11,17H,12H2,1-2H3,(H2,21,23)/b22-13-/t17-/m1/s1. The average Bonchev–Trinajstić information content (AvgIpc) is 2.99. The van der Waals surface area contributed by atoms with E-state index in [2.05, 4.69) is 10.2 Å². The zero-order valence-corrected chi connectivity index (χ0v) is 16.3. The number of benzene rings is 2. The third kappa shape index (κ3) is 4.40. The van der Waals surface area contributed by atoms with Crippen LogP contribution in [0.4, 0.5) is 5.69 Å². The second-order valence-corrected chi connectivity index (χ2v) is 7.29. The fourth-order valence-electron chi connectivity index (χ4n) is 2.73. The summed E-state index contributed by atoms with van der Waals surface area (Å²) in [5.41, 5.74) is 8.03. The number of amides is 2. The van der Waals surface area contributed by atoms with Crippen LogP contribution < -0.4 is 15.4 Å². The molecule has 1 aliphatic rings. The molecule has 2 N–H and O–H groups in total. The maximum atomic E-state index is 12.6. The molecule has 3 rings (SSSR count). The Morgan fingerprint density at radius 3 is 2.43 bits per heavy atom. The lowest BCUT2D eigenvalue weighted by atomic mass is 10.1. The Kier molecular flexibility index (Phi) is 6.10. The number of amidine groups is 1. The molecule has 0 aliphatic carbocycles. The summed E-state index contributed by atoms with van der Waals surface area (Å²) in [4.78, 5) is 26.0. The second kappa shape index (κ2) is 8.71. The van der Waals surface area contributed by atoms with E-state index in [0.717, 1.165) is 23.1 Å². The minimum absolute atomic E-state index is 0.0792. The van der Waals surface area contributed by atoms with Gasteiger partial charge in [0.2, 0.25) is 11.8 Å². The summed E-state index contributed by atoms with van der Waals surface area (Å²) in [6.07, 6.45) is 0.0792. The lowest BCUT2D eigenvalue weighted by Gasteiger charge is -2.14. The van der Waals surface area contributed by atoms with Gasteiger partial charge in [-0.3, -0.25) is 9.59 Å². The van der Waals surface area contributed by atoms with Crippen molar-refractivity contribution in [3.05, 3.63) is 60.2 Å². The molecule has 0 radical (unpaired) electrons. The summed E-state index contributed by atoms with van der Waals surface area (Å²) in [6.45, 7) is 1.81. The van der Waals surface area contributed by atoms with Crippen molar-refractivity contribution in [1.29, 1.82) is 0 Å². The molecular weight excluding hydrogens is 376 g/mol. The number of rotatable bonds is 5. The van der Waals surface area contributed by atoms with Crippen LogP contribution in [0, 0.1) is 0 Å². The van der Waals surface area contributed by atoms with Gasteiger partial charge in [0.15, 0.2) is 5.17 Å². The van der Waals surface area contributed by atoms with E-state index in [0.29, 0.717) is 11.4 Å². The van der Waals surface area contributed by atoms with E-state index in [4.69, 9.17) is 10.5 Å². The number of para-hydroxylation sites is 1. The van der Waals surface area contributed by atoms with Crippen LogP contribution in [0.15, 0.2) is 64.8 Å². The molecule has 144 valence electrons. The van der Waals surface area contributed by atoms with Crippen LogP contribution in [0.1, 0.15) is 18.9 Å². The van der Waals surface area contributed by atoms with Crippen molar-refractivity contribution in [3.63, 3.8) is 0 Å². The number of hydrogen-bond donors (Lipinski definition) is 1. The summed E-state index contributed by atoms with van der Waals surface area (Å²) in [7, 11) is 1.60. The predicted octanol–water partition coefficient (Wildman–Crippen LogP) is 2.80. The van der Waals surface area contributed by atoms with Crippen molar-refractivity contribution in [2.75, 3.05) is 12.0 Å². The van der Waals surface area contributed by atoms with Crippen LogP contribution in [0.25, 0.3) is 0 Å². The first-order chi connectivity index (χ1) is 13.5. The number of nitrogens with two attached hydrogens (primary N) is 1. The van der Waals surface area contributed by atoms with Gasteiger partial charge in [0.25, 0.3) is 0 Å². The maximum Gasteiger partial charge on any atom is 0.247 e. The van der Waals surface area contributed by atoms with Gasteiger partial charge in [0, 0.05) is 6.42 Å². The molecule has 1 atom stereocenters. The second-order valence-electron chi connectivity index (χ2n) is 6.07. The number of ether oxygens (including phenoxy) is 1. The first-order valence-electron chi connectivity index (χ1n) is 8.60. The first kappa shape index (κ1) is 19.6. The number of nitrogens with zero attached hydrogens (tertiary/aromatic N) is 3.